The number of ether oxygens (including phenoxy) is 1. The molecule has 1 fully saturated rings. The average Bonchev–Trinajstić information content (AvgIpc) is 3.32. The van der Waals surface area contributed by atoms with Gasteiger partial charge in [0.2, 0.25) is 0 Å². The van der Waals surface area contributed by atoms with Gasteiger partial charge < -0.3 is 4.74 Å². The van der Waals surface area contributed by atoms with Gasteiger partial charge in [0.05, 0.1) is 11.5 Å². The maximum atomic E-state index is 13.2. The highest BCUT2D eigenvalue weighted by Gasteiger charge is 2.52. The Morgan fingerprint density at radius 1 is 1.12 bits per heavy atom. The minimum absolute atomic E-state index is 0.0128. The number of allylic oxidation sites excluding steroid dienone is 2. The third-order valence-electron chi connectivity index (χ3n) is 8.02. The molecule has 1 aromatic heterocycles. The van der Waals surface area contributed by atoms with E-state index in [-0.39, 0.29) is 29.5 Å². The van der Waals surface area contributed by atoms with Crippen LogP contribution in [0.4, 0.5) is 13.2 Å². The van der Waals surface area contributed by atoms with Crippen LogP contribution in [0.2, 0.25) is 0 Å². The summed E-state index contributed by atoms with van der Waals surface area (Å²) in [4.78, 5) is 5.22. The predicted molar refractivity (Wildman–Crippen MR) is 119 cm³/mol. The molecule has 1 aromatic rings. The van der Waals surface area contributed by atoms with Crippen LogP contribution in [0.15, 0.2) is 23.8 Å². The van der Waals surface area contributed by atoms with Crippen molar-refractivity contribution < 1.29 is 17.9 Å². The van der Waals surface area contributed by atoms with Crippen molar-refractivity contribution in [1.29, 1.82) is 0 Å². The molecule has 0 bridgehead atoms. The van der Waals surface area contributed by atoms with Crippen molar-refractivity contribution in [1.82, 2.24) is 4.98 Å². The fourth-order valence-electron chi connectivity index (χ4n) is 6.32. The molecule has 174 valence electrons. The Kier molecular flexibility index (Phi) is 5.16. The quantitative estimate of drug-likeness (QED) is 0.467. The number of pyridine rings is 1. The SMILES string of the molecule is CC(C)c1nc2c(c3c1C(C1=CCC(C(F)(F)F)C=C1)OC31CCCC1)CCC(C)(C)C2. The molecule has 2 nitrogen and oxygen atoms in total. The number of nitrogens with zero attached hydrogens (tertiary/aromatic N) is 1. The van der Waals surface area contributed by atoms with Gasteiger partial charge in [-0.25, -0.2) is 0 Å². The zero-order valence-corrected chi connectivity index (χ0v) is 19.6. The highest BCUT2D eigenvalue weighted by atomic mass is 19.4. The third-order valence-corrected chi connectivity index (χ3v) is 8.02. The Morgan fingerprint density at radius 3 is 2.44 bits per heavy atom. The predicted octanol–water partition coefficient (Wildman–Crippen LogP) is 7.63. The van der Waals surface area contributed by atoms with Crippen molar-refractivity contribution in [2.24, 2.45) is 11.3 Å². The van der Waals surface area contributed by atoms with Crippen LogP contribution in [0, 0.1) is 11.3 Å². The molecule has 1 saturated carbocycles. The molecule has 0 saturated heterocycles. The van der Waals surface area contributed by atoms with Crippen LogP contribution < -0.4 is 0 Å². The zero-order valence-electron chi connectivity index (χ0n) is 19.6. The van der Waals surface area contributed by atoms with Gasteiger partial charge in [0.15, 0.2) is 0 Å². The fourth-order valence-corrected chi connectivity index (χ4v) is 6.32. The molecule has 5 heteroatoms. The van der Waals surface area contributed by atoms with Gasteiger partial charge in [-0.2, -0.15) is 13.2 Å². The maximum Gasteiger partial charge on any atom is 0.395 e. The first-order chi connectivity index (χ1) is 15.0. The summed E-state index contributed by atoms with van der Waals surface area (Å²) < 4.78 is 46.6. The van der Waals surface area contributed by atoms with E-state index in [0.717, 1.165) is 56.2 Å². The number of hydrogen-bond donors (Lipinski definition) is 0. The van der Waals surface area contributed by atoms with Gasteiger partial charge in [0.1, 0.15) is 6.10 Å². The maximum absolute atomic E-state index is 13.2. The summed E-state index contributed by atoms with van der Waals surface area (Å²) >= 11 is 0. The summed E-state index contributed by atoms with van der Waals surface area (Å²) in [5, 5.41) is 0. The van der Waals surface area contributed by atoms with Gasteiger partial charge in [0.25, 0.3) is 0 Å². The van der Waals surface area contributed by atoms with Gasteiger partial charge in [-0.1, -0.05) is 58.8 Å². The Labute approximate surface area is 189 Å². The Bertz CT molecular complexity index is 980. The zero-order chi connectivity index (χ0) is 22.9. The van der Waals surface area contributed by atoms with E-state index >= 15 is 0 Å². The number of hydrogen-bond acceptors (Lipinski definition) is 2. The smallest absolute Gasteiger partial charge is 0.358 e. The Morgan fingerprint density at radius 2 is 1.84 bits per heavy atom. The summed E-state index contributed by atoms with van der Waals surface area (Å²) in [7, 11) is 0. The highest BCUT2D eigenvalue weighted by molar-refractivity contribution is 5.54. The van der Waals surface area contributed by atoms with Gasteiger partial charge in [-0.05, 0) is 66.6 Å². The van der Waals surface area contributed by atoms with Gasteiger partial charge >= 0.3 is 6.18 Å². The first kappa shape index (κ1) is 22.2. The molecule has 0 N–H and O–H groups in total. The first-order valence-corrected chi connectivity index (χ1v) is 12.2. The monoisotopic (exact) mass is 445 g/mol. The van der Waals surface area contributed by atoms with Crippen molar-refractivity contribution >= 4 is 0 Å². The lowest BCUT2D eigenvalue weighted by atomic mass is 9.71. The molecule has 4 aliphatic rings. The molecule has 0 radical (unpaired) electrons. The normalized spacial score (nSPS) is 28.2. The van der Waals surface area contributed by atoms with Crippen LogP contribution >= 0.6 is 0 Å². The minimum atomic E-state index is -4.20. The third kappa shape index (κ3) is 3.55. The van der Waals surface area contributed by atoms with Crippen molar-refractivity contribution in [3.8, 4) is 0 Å². The standard InChI is InChI=1S/C27H34F3NO/c1-16(2)23-21-22(19-11-14-25(3,4)15-20(19)31-23)26(12-5-6-13-26)32-24(21)17-7-9-18(10-8-17)27(28,29)30/h7-9,16,18,24H,5-6,10-15H2,1-4H3. The van der Waals surface area contributed by atoms with Crippen molar-refractivity contribution in [2.45, 2.75) is 103 Å². The molecular weight excluding hydrogens is 411 g/mol. The van der Waals surface area contributed by atoms with Gasteiger partial charge in [0, 0.05) is 17.0 Å². The van der Waals surface area contributed by atoms with E-state index in [4.69, 9.17) is 9.72 Å². The molecule has 2 heterocycles. The van der Waals surface area contributed by atoms with Crippen LogP contribution in [0.1, 0.15) is 106 Å². The van der Waals surface area contributed by atoms with E-state index in [0.29, 0.717) is 0 Å². The molecule has 3 aliphatic carbocycles. The van der Waals surface area contributed by atoms with Crippen molar-refractivity contribution in [3.05, 3.63) is 51.9 Å². The minimum Gasteiger partial charge on any atom is -0.358 e. The largest absolute Gasteiger partial charge is 0.395 e. The lowest BCUT2D eigenvalue weighted by Gasteiger charge is -2.35. The number of rotatable bonds is 2. The molecule has 0 amide bonds. The number of fused-ring (bicyclic) bond motifs is 4. The average molecular weight is 446 g/mol. The summed E-state index contributed by atoms with van der Waals surface area (Å²) in [6, 6.07) is 0. The number of alkyl halides is 3. The Hall–Kier alpha value is -1.62. The van der Waals surface area contributed by atoms with E-state index in [1.54, 1.807) is 12.2 Å². The molecule has 2 atom stereocenters. The van der Waals surface area contributed by atoms with Crippen LogP contribution in [-0.4, -0.2) is 11.2 Å². The Balaban J connectivity index is 1.65. The second kappa shape index (κ2) is 7.44. The van der Waals surface area contributed by atoms with E-state index in [9.17, 15) is 13.2 Å². The summed E-state index contributed by atoms with van der Waals surface area (Å²) in [6.45, 7) is 8.98. The second-order valence-corrected chi connectivity index (χ2v) is 11.4. The topological polar surface area (TPSA) is 22.1 Å². The van der Waals surface area contributed by atoms with E-state index in [1.165, 1.54) is 28.5 Å². The van der Waals surface area contributed by atoms with E-state index < -0.39 is 12.1 Å². The summed E-state index contributed by atoms with van der Waals surface area (Å²) in [5.41, 5.74) is 7.02. The van der Waals surface area contributed by atoms with Crippen LogP contribution in [-0.2, 0) is 23.2 Å². The van der Waals surface area contributed by atoms with Crippen LogP contribution in [0.5, 0.6) is 0 Å². The fraction of sp³-hybridized carbons (Fsp3) is 0.667. The summed E-state index contributed by atoms with van der Waals surface area (Å²) in [6.07, 6.45) is 7.61. The molecule has 2 unspecified atom stereocenters. The molecule has 5 rings (SSSR count). The number of halogens is 3. The van der Waals surface area contributed by atoms with Gasteiger partial charge in [-0.3, -0.25) is 4.98 Å². The molecular formula is C27H34F3NO. The molecule has 1 spiro atoms. The summed E-state index contributed by atoms with van der Waals surface area (Å²) in [5.74, 6) is -1.17. The van der Waals surface area contributed by atoms with Crippen LogP contribution in [0.25, 0.3) is 0 Å². The van der Waals surface area contributed by atoms with Crippen molar-refractivity contribution in [2.75, 3.05) is 0 Å². The lowest BCUT2D eigenvalue weighted by molar-refractivity contribution is -0.160. The lowest BCUT2D eigenvalue weighted by Crippen LogP contribution is -2.29. The molecule has 0 aromatic carbocycles. The molecule has 32 heavy (non-hydrogen) atoms. The van der Waals surface area contributed by atoms with Gasteiger partial charge in [-0.15, -0.1) is 0 Å². The number of aromatic nitrogens is 1. The second-order valence-electron chi connectivity index (χ2n) is 11.4. The first-order valence-electron chi connectivity index (χ1n) is 12.2. The van der Waals surface area contributed by atoms with Crippen molar-refractivity contribution in [3.63, 3.8) is 0 Å². The van der Waals surface area contributed by atoms with E-state index in [1.807, 2.05) is 0 Å². The molecule has 1 aliphatic heterocycles. The van der Waals surface area contributed by atoms with Crippen LogP contribution in [0.3, 0.4) is 0 Å². The van der Waals surface area contributed by atoms with E-state index in [2.05, 4.69) is 27.7 Å². The highest BCUT2D eigenvalue weighted by Crippen LogP contribution is 2.58.